The number of methoxy groups -OCH3 is 1. The number of hydrogen-bond acceptors (Lipinski definition) is 11. The van der Waals surface area contributed by atoms with Crippen LogP contribution in [0.4, 0.5) is 0 Å². The Kier molecular flexibility index (Phi) is 7.83. The fourth-order valence-corrected chi connectivity index (χ4v) is 5.93. The maximum Gasteiger partial charge on any atom is 0.202 e. The van der Waals surface area contributed by atoms with Gasteiger partial charge in [0.1, 0.15) is 22.8 Å². The summed E-state index contributed by atoms with van der Waals surface area (Å²) in [5.74, 6) is -3.07. The van der Waals surface area contributed by atoms with Crippen molar-refractivity contribution in [3.05, 3.63) is 51.6 Å². The van der Waals surface area contributed by atoms with Gasteiger partial charge in [-0.15, -0.1) is 0 Å². The van der Waals surface area contributed by atoms with Crippen molar-refractivity contribution in [1.82, 2.24) is 0 Å². The molecule has 11 heteroatoms. The first-order chi connectivity index (χ1) is 18.4. The van der Waals surface area contributed by atoms with E-state index in [9.17, 15) is 34.8 Å². The molecule has 2 aromatic rings. The molecule has 3 aliphatic rings. The Balaban J connectivity index is 0.00000370. The quantitative estimate of drug-likeness (QED) is 0.289. The lowest BCUT2D eigenvalue weighted by molar-refractivity contribution is -0.247. The number of phenols is 2. The maximum absolute atomic E-state index is 13.7. The van der Waals surface area contributed by atoms with Gasteiger partial charge >= 0.3 is 0 Å². The number of rotatable bonds is 5. The van der Waals surface area contributed by atoms with Crippen LogP contribution in [0, 0.1) is 0 Å². The molecule has 0 bridgehead atoms. The molecule has 2 aromatic carbocycles. The summed E-state index contributed by atoms with van der Waals surface area (Å²) < 4.78 is 17.1. The van der Waals surface area contributed by atoms with Gasteiger partial charge in [0.25, 0.3) is 0 Å². The van der Waals surface area contributed by atoms with E-state index in [-0.39, 0.29) is 54.7 Å². The number of carbonyl (C=O) groups is 3. The highest BCUT2D eigenvalue weighted by Crippen LogP contribution is 2.52. The summed E-state index contributed by atoms with van der Waals surface area (Å²) in [5.41, 5.74) is 3.03. The van der Waals surface area contributed by atoms with Crippen LogP contribution in [0.1, 0.15) is 89.6 Å². The molecule has 6 atom stereocenters. The number of Topliss-reactive ketones (excluding diaryl/α,β-unsaturated/α-hetero) is 1. The van der Waals surface area contributed by atoms with Gasteiger partial charge in [-0.25, -0.2) is 0 Å². The average molecular weight is 558 g/mol. The first kappa shape index (κ1) is 29.6. The number of ketones is 3. The van der Waals surface area contributed by atoms with Crippen molar-refractivity contribution in [2.24, 2.45) is 5.73 Å². The largest absolute Gasteiger partial charge is 0.507 e. The molecule has 0 amide bonds. The second-order valence-electron chi connectivity index (χ2n) is 10.4. The SMILES string of the molecule is C.CCC(=O)[C@]1(O)Cc2c(O)c3c(c(O)c2[C@@H](OC2CC(N)C(O)C(C)O2)C1)C(=O)c1c(OC)cccc1C3=O. The Bertz CT molecular complexity index is 1380. The van der Waals surface area contributed by atoms with E-state index < -0.39 is 82.6 Å². The van der Waals surface area contributed by atoms with E-state index in [1.165, 1.54) is 25.3 Å². The standard InChI is InChI=1S/C28H31NO10.CH4/c1-4-17(30)28(36)9-13-20(16(10-28)39-18-8-14(29)23(31)11(2)38-18)27(35)22-21(25(13)33)24(32)12-6-5-7-15(37-3)19(12)26(22)34;/h5-7,11,14,16,18,23,31,33,35-36H,4,8-10,29H2,1-3H3;1H4/t11?,14?,16-,18?,23?,28-;/m0./s1. The number of ether oxygens (including phenoxy) is 3. The van der Waals surface area contributed by atoms with Crippen LogP contribution >= 0.6 is 0 Å². The third-order valence-corrected chi connectivity index (χ3v) is 7.98. The summed E-state index contributed by atoms with van der Waals surface area (Å²) in [6.45, 7) is 3.19. The van der Waals surface area contributed by atoms with Crippen molar-refractivity contribution in [3.63, 3.8) is 0 Å². The van der Waals surface area contributed by atoms with Gasteiger partial charge in [0, 0.05) is 48.4 Å². The van der Waals surface area contributed by atoms with Gasteiger partial charge in [-0.1, -0.05) is 26.5 Å². The molecule has 0 spiro atoms. The van der Waals surface area contributed by atoms with Gasteiger partial charge in [0.15, 0.2) is 17.9 Å². The molecular formula is C29H35NO10. The summed E-state index contributed by atoms with van der Waals surface area (Å²) in [7, 11) is 1.34. The van der Waals surface area contributed by atoms with Crippen molar-refractivity contribution in [1.29, 1.82) is 0 Å². The van der Waals surface area contributed by atoms with Gasteiger partial charge in [0.05, 0.1) is 42.1 Å². The number of benzene rings is 2. The average Bonchev–Trinajstić information content (AvgIpc) is 2.90. The van der Waals surface area contributed by atoms with E-state index in [2.05, 4.69) is 0 Å². The zero-order valence-corrected chi connectivity index (χ0v) is 21.8. The van der Waals surface area contributed by atoms with Crippen molar-refractivity contribution in [3.8, 4) is 17.2 Å². The van der Waals surface area contributed by atoms with Gasteiger partial charge in [0.2, 0.25) is 5.78 Å². The number of aliphatic hydroxyl groups is 2. The number of carbonyl (C=O) groups excluding carboxylic acids is 3. The molecule has 2 aliphatic carbocycles. The predicted octanol–water partition coefficient (Wildman–Crippen LogP) is 2.06. The van der Waals surface area contributed by atoms with E-state index in [1.54, 1.807) is 13.8 Å². The third-order valence-electron chi connectivity index (χ3n) is 7.98. The molecule has 1 saturated heterocycles. The van der Waals surface area contributed by atoms with E-state index in [0.29, 0.717) is 0 Å². The highest BCUT2D eigenvalue weighted by Gasteiger charge is 2.49. The molecule has 0 aromatic heterocycles. The van der Waals surface area contributed by atoms with E-state index in [4.69, 9.17) is 19.9 Å². The van der Waals surface area contributed by atoms with Crippen molar-refractivity contribution in [2.45, 2.75) is 83.2 Å². The fourth-order valence-electron chi connectivity index (χ4n) is 5.93. The number of hydrogen-bond donors (Lipinski definition) is 5. The third kappa shape index (κ3) is 4.38. The number of aliphatic hydroxyl groups excluding tert-OH is 1. The number of fused-ring (bicyclic) bond motifs is 3. The van der Waals surface area contributed by atoms with Crippen LogP contribution in [-0.2, 0) is 20.7 Å². The Morgan fingerprint density at radius 2 is 1.82 bits per heavy atom. The first-order valence-corrected chi connectivity index (χ1v) is 12.8. The number of aromatic hydroxyl groups is 2. The fraction of sp³-hybridized carbons (Fsp3) is 0.483. The normalized spacial score (nSPS) is 29.1. The van der Waals surface area contributed by atoms with Crippen LogP contribution in [0.5, 0.6) is 17.2 Å². The van der Waals surface area contributed by atoms with Gasteiger partial charge in [-0.2, -0.15) is 0 Å². The highest BCUT2D eigenvalue weighted by molar-refractivity contribution is 6.31. The van der Waals surface area contributed by atoms with Crippen LogP contribution in [0.2, 0.25) is 0 Å². The second kappa shape index (κ2) is 10.6. The van der Waals surface area contributed by atoms with Crippen LogP contribution in [-0.4, -0.2) is 75.0 Å². The molecule has 4 unspecified atom stereocenters. The molecule has 0 saturated carbocycles. The van der Waals surface area contributed by atoms with E-state index in [1.807, 2.05) is 0 Å². The highest BCUT2D eigenvalue weighted by atomic mass is 16.7. The molecular weight excluding hydrogens is 522 g/mol. The molecule has 1 aliphatic heterocycles. The molecule has 216 valence electrons. The van der Waals surface area contributed by atoms with Crippen LogP contribution < -0.4 is 10.5 Å². The van der Waals surface area contributed by atoms with Gasteiger partial charge in [-0.05, 0) is 13.0 Å². The molecule has 40 heavy (non-hydrogen) atoms. The van der Waals surface area contributed by atoms with E-state index >= 15 is 0 Å². The minimum absolute atomic E-state index is 0. The lowest BCUT2D eigenvalue weighted by Crippen LogP contribution is -2.52. The van der Waals surface area contributed by atoms with Crippen molar-refractivity contribution in [2.75, 3.05) is 7.11 Å². The summed E-state index contributed by atoms with van der Waals surface area (Å²) in [5, 5.41) is 44.5. The molecule has 11 nitrogen and oxygen atoms in total. The summed E-state index contributed by atoms with van der Waals surface area (Å²) in [6.07, 6.45) is -4.53. The topological polar surface area (TPSA) is 186 Å². The van der Waals surface area contributed by atoms with Gasteiger partial charge in [-0.3, -0.25) is 14.4 Å². The molecule has 1 heterocycles. The second-order valence-corrected chi connectivity index (χ2v) is 10.4. The molecule has 6 N–H and O–H groups in total. The van der Waals surface area contributed by atoms with E-state index in [0.717, 1.165) is 0 Å². The van der Waals surface area contributed by atoms with Gasteiger partial charge < -0.3 is 40.4 Å². The Morgan fingerprint density at radius 1 is 1.15 bits per heavy atom. The Labute approximate surface area is 231 Å². The van der Waals surface area contributed by atoms with Crippen LogP contribution in [0.15, 0.2) is 18.2 Å². The monoisotopic (exact) mass is 557 g/mol. The lowest BCUT2D eigenvalue weighted by Gasteiger charge is -2.42. The Morgan fingerprint density at radius 3 is 2.45 bits per heavy atom. The lowest BCUT2D eigenvalue weighted by atomic mass is 9.71. The maximum atomic E-state index is 13.7. The minimum atomic E-state index is -1.99. The zero-order valence-electron chi connectivity index (χ0n) is 21.8. The predicted molar refractivity (Wildman–Crippen MR) is 142 cm³/mol. The van der Waals surface area contributed by atoms with Crippen molar-refractivity contribution >= 4 is 17.3 Å². The van der Waals surface area contributed by atoms with Crippen molar-refractivity contribution < 1.29 is 49.0 Å². The Hall–Kier alpha value is -3.35. The molecule has 0 radical (unpaired) electrons. The van der Waals surface area contributed by atoms with Crippen LogP contribution in [0.3, 0.4) is 0 Å². The smallest absolute Gasteiger partial charge is 0.202 e. The first-order valence-electron chi connectivity index (χ1n) is 12.8. The molecule has 1 fully saturated rings. The summed E-state index contributed by atoms with van der Waals surface area (Å²) in [6, 6.07) is 3.76. The number of nitrogens with two attached hydrogens (primary N) is 1. The molecule has 5 rings (SSSR count). The minimum Gasteiger partial charge on any atom is -0.507 e. The summed E-state index contributed by atoms with van der Waals surface area (Å²) >= 11 is 0. The van der Waals surface area contributed by atoms with Crippen LogP contribution in [0.25, 0.3) is 0 Å². The summed E-state index contributed by atoms with van der Waals surface area (Å²) in [4.78, 5) is 40.1. The number of phenolic OH excluding ortho intramolecular Hbond substituents is 2. The zero-order chi connectivity index (χ0) is 28.4.